The molecular weight excluding hydrogens is 258 g/mol. The summed E-state index contributed by atoms with van der Waals surface area (Å²) in [6, 6.07) is 7.16. The Morgan fingerprint density at radius 1 is 1.30 bits per heavy atom. The fraction of sp³-hybridized carbons (Fsp3) is 0.333. The van der Waals surface area contributed by atoms with Crippen molar-refractivity contribution < 1.29 is 19.2 Å². The minimum absolute atomic E-state index is 0.0311. The molecular formula is C15H17NO4. The molecule has 1 aromatic heterocycles. The molecule has 2 rings (SSSR count). The number of nitrogens with zero attached hydrogens (tertiary/aromatic N) is 1. The number of carbonyl (C=O) groups is 1. The molecule has 0 bridgehead atoms. The lowest BCUT2D eigenvalue weighted by Crippen LogP contribution is -2.11. The number of benzene rings is 1. The number of methoxy groups -OCH3 is 1. The Balaban J connectivity index is 2.55. The van der Waals surface area contributed by atoms with Crippen LogP contribution in [0, 0.1) is 0 Å². The molecule has 1 N–H and O–H groups in total. The summed E-state index contributed by atoms with van der Waals surface area (Å²) < 4.78 is 10.4. The second-order valence-electron chi connectivity index (χ2n) is 5.55. The Hall–Kier alpha value is -2.30. The fourth-order valence-electron chi connectivity index (χ4n) is 1.87. The first kappa shape index (κ1) is 14.1. The standard InChI is InChI=1S/C15H17NO4/c1-15(2,3)9-5-6-12(19-4)10(7-9)13-8-11(14(17)18)16-20-13/h5-8H,1-4H3,(H,17,18). The number of hydrogen-bond acceptors (Lipinski definition) is 4. The summed E-state index contributed by atoms with van der Waals surface area (Å²) in [6.07, 6.45) is 0. The van der Waals surface area contributed by atoms with Crippen LogP contribution in [0.5, 0.6) is 5.75 Å². The summed E-state index contributed by atoms with van der Waals surface area (Å²) in [4.78, 5) is 10.9. The Labute approximate surface area is 117 Å². The first-order valence-corrected chi connectivity index (χ1v) is 6.22. The van der Waals surface area contributed by atoms with E-state index in [4.69, 9.17) is 14.4 Å². The second-order valence-corrected chi connectivity index (χ2v) is 5.55. The molecule has 0 saturated heterocycles. The summed E-state index contributed by atoms with van der Waals surface area (Å²) in [5, 5.41) is 12.4. The van der Waals surface area contributed by atoms with Crippen molar-refractivity contribution in [1.29, 1.82) is 0 Å². The van der Waals surface area contributed by atoms with E-state index in [9.17, 15) is 4.79 Å². The molecule has 1 heterocycles. The van der Waals surface area contributed by atoms with Crippen molar-refractivity contribution >= 4 is 5.97 Å². The molecule has 0 saturated carbocycles. The van der Waals surface area contributed by atoms with Crippen LogP contribution in [-0.2, 0) is 5.41 Å². The smallest absolute Gasteiger partial charge is 0.358 e. The molecule has 20 heavy (non-hydrogen) atoms. The van der Waals surface area contributed by atoms with Crippen LogP contribution in [0.25, 0.3) is 11.3 Å². The normalized spacial score (nSPS) is 11.4. The van der Waals surface area contributed by atoms with Gasteiger partial charge in [0.15, 0.2) is 11.5 Å². The van der Waals surface area contributed by atoms with Crippen molar-refractivity contribution in [3.05, 3.63) is 35.5 Å². The van der Waals surface area contributed by atoms with Crippen molar-refractivity contribution in [2.24, 2.45) is 0 Å². The van der Waals surface area contributed by atoms with Gasteiger partial charge in [0.25, 0.3) is 0 Å². The Morgan fingerprint density at radius 3 is 2.50 bits per heavy atom. The van der Waals surface area contributed by atoms with Crippen LogP contribution in [0.15, 0.2) is 28.8 Å². The van der Waals surface area contributed by atoms with E-state index in [-0.39, 0.29) is 11.1 Å². The number of carboxylic acid groups (broad SMARTS) is 1. The molecule has 1 aromatic carbocycles. The number of aromatic nitrogens is 1. The van der Waals surface area contributed by atoms with Gasteiger partial charge in [-0.2, -0.15) is 0 Å². The molecule has 5 nitrogen and oxygen atoms in total. The third-order valence-electron chi connectivity index (χ3n) is 3.06. The molecule has 2 aromatic rings. The van der Waals surface area contributed by atoms with E-state index in [1.807, 2.05) is 18.2 Å². The van der Waals surface area contributed by atoms with Gasteiger partial charge >= 0.3 is 5.97 Å². The van der Waals surface area contributed by atoms with E-state index in [0.29, 0.717) is 17.1 Å². The molecule has 0 unspecified atom stereocenters. The summed E-state index contributed by atoms with van der Waals surface area (Å²) in [7, 11) is 1.56. The lowest BCUT2D eigenvalue weighted by Gasteiger charge is -2.20. The van der Waals surface area contributed by atoms with Gasteiger partial charge in [-0.05, 0) is 23.1 Å². The SMILES string of the molecule is COc1ccc(C(C)(C)C)cc1-c1cc(C(=O)O)no1. The topological polar surface area (TPSA) is 72.6 Å². The van der Waals surface area contributed by atoms with Gasteiger partial charge < -0.3 is 14.4 Å². The Kier molecular flexibility index (Phi) is 3.53. The van der Waals surface area contributed by atoms with E-state index in [0.717, 1.165) is 5.56 Å². The molecule has 0 atom stereocenters. The number of hydrogen-bond donors (Lipinski definition) is 1. The maximum absolute atomic E-state index is 10.9. The van der Waals surface area contributed by atoms with Gasteiger partial charge in [-0.15, -0.1) is 0 Å². The minimum atomic E-state index is -1.12. The molecule has 0 radical (unpaired) electrons. The van der Waals surface area contributed by atoms with Gasteiger partial charge in [0.2, 0.25) is 0 Å². The molecule has 0 spiro atoms. The summed E-state index contributed by atoms with van der Waals surface area (Å²) >= 11 is 0. The molecule has 106 valence electrons. The summed E-state index contributed by atoms with van der Waals surface area (Å²) in [5.41, 5.74) is 1.64. The van der Waals surface area contributed by atoms with Crippen LogP contribution in [-0.4, -0.2) is 23.3 Å². The van der Waals surface area contributed by atoms with Gasteiger partial charge in [0, 0.05) is 6.07 Å². The second kappa shape index (κ2) is 5.00. The average Bonchev–Trinajstić information content (AvgIpc) is 2.86. The van der Waals surface area contributed by atoms with Gasteiger partial charge in [0.05, 0.1) is 12.7 Å². The number of ether oxygens (including phenoxy) is 1. The number of carboxylic acids is 1. The molecule has 0 fully saturated rings. The third kappa shape index (κ3) is 2.66. The lowest BCUT2D eigenvalue weighted by atomic mass is 9.86. The van der Waals surface area contributed by atoms with E-state index in [1.165, 1.54) is 6.07 Å². The predicted octanol–water partition coefficient (Wildman–Crippen LogP) is 3.35. The van der Waals surface area contributed by atoms with Gasteiger partial charge in [-0.3, -0.25) is 0 Å². The molecule has 0 aliphatic carbocycles. The Bertz CT molecular complexity index is 638. The summed E-state index contributed by atoms with van der Waals surface area (Å²) in [5.74, 6) is -0.123. The number of rotatable bonds is 3. The first-order chi connectivity index (χ1) is 9.32. The minimum Gasteiger partial charge on any atom is -0.496 e. The lowest BCUT2D eigenvalue weighted by molar-refractivity contribution is 0.0686. The number of aromatic carboxylic acids is 1. The van der Waals surface area contributed by atoms with E-state index < -0.39 is 5.97 Å². The summed E-state index contributed by atoms with van der Waals surface area (Å²) in [6.45, 7) is 6.30. The Morgan fingerprint density at radius 2 is 2.00 bits per heavy atom. The van der Waals surface area contributed by atoms with Crippen molar-refractivity contribution in [3.8, 4) is 17.1 Å². The largest absolute Gasteiger partial charge is 0.496 e. The van der Waals surface area contributed by atoms with Crippen molar-refractivity contribution in [2.75, 3.05) is 7.11 Å². The molecule has 0 aliphatic rings. The zero-order valence-electron chi connectivity index (χ0n) is 11.9. The molecule has 0 amide bonds. The highest BCUT2D eigenvalue weighted by Gasteiger charge is 2.20. The van der Waals surface area contributed by atoms with E-state index in [1.54, 1.807) is 7.11 Å². The highest BCUT2D eigenvalue weighted by Crippen LogP contribution is 2.34. The van der Waals surface area contributed by atoms with Crippen LogP contribution >= 0.6 is 0 Å². The highest BCUT2D eigenvalue weighted by atomic mass is 16.5. The van der Waals surface area contributed by atoms with Crippen molar-refractivity contribution in [3.63, 3.8) is 0 Å². The van der Waals surface area contributed by atoms with E-state index >= 15 is 0 Å². The van der Waals surface area contributed by atoms with E-state index in [2.05, 4.69) is 25.9 Å². The van der Waals surface area contributed by atoms with Crippen LogP contribution in [0.4, 0.5) is 0 Å². The van der Waals surface area contributed by atoms with Gasteiger partial charge in [-0.1, -0.05) is 32.0 Å². The monoisotopic (exact) mass is 275 g/mol. The zero-order chi connectivity index (χ0) is 14.9. The molecule has 5 heteroatoms. The maximum Gasteiger partial charge on any atom is 0.358 e. The van der Waals surface area contributed by atoms with Gasteiger partial charge in [-0.25, -0.2) is 4.79 Å². The van der Waals surface area contributed by atoms with Crippen LogP contribution in [0.2, 0.25) is 0 Å². The maximum atomic E-state index is 10.9. The van der Waals surface area contributed by atoms with Crippen LogP contribution < -0.4 is 4.74 Å². The fourth-order valence-corrected chi connectivity index (χ4v) is 1.87. The quantitative estimate of drug-likeness (QED) is 0.930. The van der Waals surface area contributed by atoms with Crippen molar-refractivity contribution in [2.45, 2.75) is 26.2 Å². The highest BCUT2D eigenvalue weighted by molar-refractivity contribution is 5.86. The zero-order valence-corrected chi connectivity index (χ0v) is 11.9. The average molecular weight is 275 g/mol. The predicted molar refractivity (Wildman–Crippen MR) is 74.2 cm³/mol. The molecule has 0 aliphatic heterocycles. The van der Waals surface area contributed by atoms with Crippen molar-refractivity contribution in [1.82, 2.24) is 5.16 Å². The van der Waals surface area contributed by atoms with Crippen LogP contribution in [0.1, 0.15) is 36.8 Å². The first-order valence-electron chi connectivity index (χ1n) is 6.22. The third-order valence-corrected chi connectivity index (χ3v) is 3.06. The van der Waals surface area contributed by atoms with Gasteiger partial charge in [0.1, 0.15) is 5.75 Å². The van der Waals surface area contributed by atoms with Crippen LogP contribution in [0.3, 0.4) is 0 Å².